The van der Waals surface area contributed by atoms with Gasteiger partial charge >= 0.3 is 17.9 Å². The second kappa shape index (κ2) is 18.9. The number of carbonyl (C=O) groups excluding carboxylic acids is 5. The van der Waals surface area contributed by atoms with Crippen LogP contribution in [0.5, 0.6) is 0 Å². The lowest BCUT2D eigenvalue weighted by molar-refractivity contribution is -0.147. The Balaban J connectivity index is 5.40. The number of carbonyl (C=O) groups is 8. The molecule has 12 N–H and O–H groups in total. The van der Waals surface area contributed by atoms with Gasteiger partial charge in [0.1, 0.15) is 30.2 Å². The van der Waals surface area contributed by atoms with E-state index in [1.165, 1.54) is 0 Å². The molecule has 0 unspecified atom stereocenters. The van der Waals surface area contributed by atoms with Crippen molar-refractivity contribution in [3.63, 3.8) is 0 Å². The SMILES string of the molecule is CC[C@H](C)[C@H](N)C(=O)N[C@@H](CCC(=O)O)C(=O)N[C@@H](CO)C(=O)N[C@@H](C)C(=O)N[C@@H](CO)C(=O)N[C@@H](CC(=O)O)C(=O)O. The molecular weight excluding hydrogens is 580 g/mol. The van der Waals surface area contributed by atoms with Crippen LogP contribution < -0.4 is 32.3 Å². The minimum Gasteiger partial charge on any atom is -0.481 e. The molecule has 43 heavy (non-hydrogen) atoms. The lowest BCUT2D eigenvalue weighted by atomic mass is 9.98. The minimum absolute atomic E-state index is 0.272. The molecule has 0 aromatic carbocycles. The molecule has 0 aliphatic heterocycles. The van der Waals surface area contributed by atoms with Crippen LogP contribution in [-0.2, 0) is 38.4 Å². The molecule has 19 heteroatoms. The van der Waals surface area contributed by atoms with Crippen LogP contribution in [0.3, 0.4) is 0 Å². The van der Waals surface area contributed by atoms with Crippen molar-refractivity contribution < 1.29 is 63.9 Å². The van der Waals surface area contributed by atoms with Gasteiger partial charge in [-0.25, -0.2) is 4.79 Å². The van der Waals surface area contributed by atoms with Crippen LogP contribution in [-0.4, -0.2) is 122 Å². The molecule has 244 valence electrons. The van der Waals surface area contributed by atoms with Gasteiger partial charge < -0.3 is 57.9 Å². The van der Waals surface area contributed by atoms with Crippen LogP contribution in [0.25, 0.3) is 0 Å². The van der Waals surface area contributed by atoms with Crippen molar-refractivity contribution in [1.29, 1.82) is 0 Å². The Bertz CT molecular complexity index is 1040. The topological polar surface area (TPSA) is 324 Å². The third kappa shape index (κ3) is 13.9. The fourth-order valence-electron chi connectivity index (χ4n) is 3.30. The summed E-state index contributed by atoms with van der Waals surface area (Å²) in [7, 11) is 0. The predicted molar refractivity (Wildman–Crippen MR) is 144 cm³/mol. The average Bonchev–Trinajstić information content (AvgIpc) is 2.94. The molecule has 0 fully saturated rings. The van der Waals surface area contributed by atoms with Gasteiger partial charge in [-0.3, -0.25) is 33.6 Å². The summed E-state index contributed by atoms with van der Waals surface area (Å²) >= 11 is 0. The van der Waals surface area contributed by atoms with Crippen molar-refractivity contribution in [3.8, 4) is 0 Å². The zero-order chi connectivity index (χ0) is 33.4. The third-order valence-electron chi connectivity index (χ3n) is 6.22. The number of carboxylic acid groups (broad SMARTS) is 3. The molecule has 0 radical (unpaired) electrons. The van der Waals surface area contributed by atoms with Crippen LogP contribution in [0.4, 0.5) is 0 Å². The molecule has 5 amide bonds. The first-order valence-electron chi connectivity index (χ1n) is 13.1. The Morgan fingerprint density at radius 3 is 1.51 bits per heavy atom. The van der Waals surface area contributed by atoms with Crippen molar-refractivity contribution >= 4 is 47.4 Å². The smallest absolute Gasteiger partial charge is 0.326 e. The predicted octanol–water partition coefficient (Wildman–Crippen LogP) is -4.79. The molecule has 7 atom stereocenters. The Hall–Kier alpha value is -4.36. The standard InChI is InChI=1S/C24H40N6O13/c1-4-10(2)18(25)23(41)27-12(5-6-16(33)34)20(38)30-14(8-31)21(39)26-11(3)19(37)29-15(9-32)22(40)28-13(24(42)43)7-17(35)36/h10-15,18,31-32H,4-9,25H2,1-3H3,(H,26,39)(H,27,41)(H,28,40)(H,29,37)(H,30,38)(H,33,34)(H,35,36)(H,42,43)/t10-,11-,12-,13-,14-,15-,18-/m0/s1. The van der Waals surface area contributed by atoms with E-state index < -0.39 is 110 Å². The highest BCUT2D eigenvalue weighted by Gasteiger charge is 2.32. The Morgan fingerprint density at radius 2 is 1.07 bits per heavy atom. The zero-order valence-electron chi connectivity index (χ0n) is 23.9. The van der Waals surface area contributed by atoms with E-state index in [4.69, 9.17) is 21.1 Å². The van der Waals surface area contributed by atoms with E-state index in [0.717, 1.165) is 6.92 Å². The van der Waals surface area contributed by atoms with Crippen molar-refractivity contribution in [2.75, 3.05) is 13.2 Å². The maximum absolute atomic E-state index is 12.8. The molecule has 0 aliphatic rings. The summed E-state index contributed by atoms with van der Waals surface area (Å²) in [6.07, 6.45) is -1.36. The van der Waals surface area contributed by atoms with Crippen molar-refractivity contribution in [1.82, 2.24) is 26.6 Å². The van der Waals surface area contributed by atoms with Gasteiger partial charge in [-0.05, 0) is 19.3 Å². The number of nitrogens with one attached hydrogen (secondary N) is 5. The van der Waals surface area contributed by atoms with E-state index in [9.17, 15) is 48.6 Å². The van der Waals surface area contributed by atoms with Gasteiger partial charge in [0.15, 0.2) is 0 Å². The second-order valence-corrected chi connectivity index (χ2v) is 9.62. The Labute approximate surface area is 245 Å². The maximum Gasteiger partial charge on any atom is 0.326 e. The summed E-state index contributed by atoms with van der Waals surface area (Å²) in [5, 5.41) is 56.5. The number of amides is 5. The first-order chi connectivity index (χ1) is 20.0. The van der Waals surface area contributed by atoms with Gasteiger partial charge in [0.05, 0.1) is 25.7 Å². The third-order valence-corrected chi connectivity index (χ3v) is 6.22. The lowest BCUT2D eigenvalue weighted by Crippen LogP contribution is -2.60. The van der Waals surface area contributed by atoms with E-state index in [1.54, 1.807) is 13.8 Å². The molecular formula is C24H40N6O13. The maximum atomic E-state index is 12.8. The van der Waals surface area contributed by atoms with Crippen LogP contribution in [0.1, 0.15) is 46.5 Å². The highest BCUT2D eigenvalue weighted by molar-refractivity contribution is 5.96. The molecule has 0 heterocycles. The van der Waals surface area contributed by atoms with Gasteiger partial charge in [-0.2, -0.15) is 0 Å². The van der Waals surface area contributed by atoms with Gasteiger partial charge in [0, 0.05) is 6.42 Å². The van der Waals surface area contributed by atoms with Crippen molar-refractivity contribution in [2.45, 2.75) is 82.7 Å². The highest BCUT2D eigenvalue weighted by atomic mass is 16.4. The normalized spacial score (nSPS) is 15.7. The molecule has 19 nitrogen and oxygen atoms in total. The number of hydrogen-bond donors (Lipinski definition) is 11. The highest BCUT2D eigenvalue weighted by Crippen LogP contribution is 2.07. The van der Waals surface area contributed by atoms with Crippen LogP contribution >= 0.6 is 0 Å². The first-order valence-corrected chi connectivity index (χ1v) is 13.1. The van der Waals surface area contributed by atoms with Gasteiger partial charge in [0.2, 0.25) is 29.5 Å². The molecule has 0 saturated heterocycles. The summed E-state index contributed by atoms with van der Waals surface area (Å²) in [6.45, 7) is 2.60. The van der Waals surface area contributed by atoms with E-state index in [-0.39, 0.29) is 12.3 Å². The molecule has 0 rings (SSSR count). The fourth-order valence-corrected chi connectivity index (χ4v) is 3.30. The van der Waals surface area contributed by atoms with Crippen LogP contribution in [0, 0.1) is 5.92 Å². The van der Waals surface area contributed by atoms with Gasteiger partial charge in [-0.15, -0.1) is 0 Å². The number of aliphatic carboxylic acids is 3. The molecule has 0 saturated carbocycles. The molecule has 0 bridgehead atoms. The summed E-state index contributed by atoms with van der Waals surface area (Å²) in [4.78, 5) is 95.7. The number of aliphatic hydroxyl groups is 2. The summed E-state index contributed by atoms with van der Waals surface area (Å²) in [6, 6.07) is -9.20. The quantitative estimate of drug-likeness (QED) is 0.0609. The summed E-state index contributed by atoms with van der Waals surface area (Å²) < 4.78 is 0. The molecule has 0 aliphatic carbocycles. The largest absolute Gasteiger partial charge is 0.481 e. The average molecular weight is 621 g/mol. The summed E-state index contributed by atoms with van der Waals surface area (Å²) in [5.41, 5.74) is 5.86. The fraction of sp³-hybridized carbons (Fsp3) is 0.667. The molecule has 0 aromatic heterocycles. The van der Waals surface area contributed by atoms with Crippen LogP contribution in [0.2, 0.25) is 0 Å². The number of hydrogen-bond acceptors (Lipinski definition) is 11. The lowest BCUT2D eigenvalue weighted by Gasteiger charge is -2.25. The molecule has 0 aromatic rings. The first kappa shape index (κ1) is 38.6. The van der Waals surface area contributed by atoms with Crippen molar-refractivity contribution in [3.05, 3.63) is 0 Å². The van der Waals surface area contributed by atoms with E-state index in [0.29, 0.717) is 6.42 Å². The monoisotopic (exact) mass is 620 g/mol. The number of carboxylic acids is 3. The number of rotatable bonds is 20. The van der Waals surface area contributed by atoms with Crippen LogP contribution in [0.15, 0.2) is 0 Å². The summed E-state index contributed by atoms with van der Waals surface area (Å²) in [5.74, 6) is -9.93. The van der Waals surface area contributed by atoms with Crippen molar-refractivity contribution in [2.24, 2.45) is 11.7 Å². The zero-order valence-corrected chi connectivity index (χ0v) is 23.9. The Kier molecular flexibility index (Phi) is 17.0. The van der Waals surface area contributed by atoms with E-state index in [1.807, 2.05) is 10.6 Å². The number of nitrogens with two attached hydrogens (primary N) is 1. The second-order valence-electron chi connectivity index (χ2n) is 9.62. The van der Waals surface area contributed by atoms with Gasteiger partial charge in [-0.1, -0.05) is 20.3 Å². The van der Waals surface area contributed by atoms with E-state index in [2.05, 4.69) is 16.0 Å². The number of aliphatic hydroxyl groups excluding tert-OH is 2. The van der Waals surface area contributed by atoms with Gasteiger partial charge in [0.25, 0.3) is 0 Å². The Morgan fingerprint density at radius 1 is 0.628 bits per heavy atom. The molecule has 0 spiro atoms. The minimum atomic E-state index is -1.86. The van der Waals surface area contributed by atoms with E-state index >= 15 is 0 Å².